The number of anilines is 2. The standard InChI is InChI=1S/C13H9FN4O.C2HF3O2/c14-9-3-1-2-6-4-7-10(16)8(5-15)12(17)18-13(7)19-11(6)9;3-2(4,5)1(6)7/h1-3H,4H2,(H4,16,17,18);(H,6,7). The molecule has 2 aromatic rings. The van der Waals surface area contributed by atoms with Crippen molar-refractivity contribution in [2.75, 3.05) is 11.5 Å². The van der Waals surface area contributed by atoms with Crippen LogP contribution in [0.25, 0.3) is 0 Å². The molecule has 0 fully saturated rings. The summed E-state index contributed by atoms with van der Waals surface area (Å²) in [5, 5.41) is 16.1. The highest BCUT2D eigenvalue weighted by atomic mass is 19.4. The number of ether oxygens (including phenoxy) is 1. The van der Waals surface area contributed by atoms with Crippen LogP contribution >= 0.6 is 0 Å². The lowest BCUT2D eigenvalue weighted by atomic mass is 9.99. The Labute approximate surface area is 143 Å². The molecule has 0 spiro atoms. The smallest absolute Gasteiger partial charge is 0.475 e. The molecule has 1 aliphatic rings. The number of hydrogen-bond donors (Lipinski definition) is 3. The van der Waals surface area contributed by atoms with E-state index in [0.717, 1.165) is 0 Å². The summed E-state index contributed by atoms with van der Waals surface area (Å²) in [7, 11) is 0. The van der Waals surface area contributed by atoms with Crippen molar-refractivity contribution in [2.45, 2.75) is 12.6 Å². The number of fused-ring (bicyclic) bond motifs is 2. The first-order valence-electron chi connectivity index (χ1n) is 6.79. The number of aliphatic carboxylic acids is 1. The van der Waals surface area contributed by atoms with E-state index in [-0.39, 0.29) is 28.7 Å². The second kappa shape index (κ2) is 6.75. The number of alkyl halides is 3. The maximum atomic E-state index is 13.6. The molecule has 0 unspecified atom stereocenters. The highest BCUT2D eigenvalue weighted by Crippen LogP contribution is 2.41. The van der Waals surface area contributed by atoms with Crippen LogP contribution in [0.1, 0.15) is 16.7 Å². The number of hydrogen-bond acceptors (Lipinski definition) is 6. The van der Waals surface area contributed by atoms with Gasteiger partial charge in [0, 0.05) is 17.5 Å². The Morgan fingerprint density at radius 1 is 1.35 bits per heavy atom. The zero-order valence-corrected chi connectivity index (χ0v) is 12.8. The molecule has 1 aromatic carbocycles. The van der Waals surface area contributed by atoms with E-state index in [2.05, 4.69) is 4.98 Å². The second-order valence-corrected chi connectivity index (χ2v) is 4.99. The van der Waals surface area contributed by atoms with E-state index in [9.17, 15) is 17.6 Å². The molecular formula is C15H10F4N4O3. The third-order valence-electron chi connectivity index (χ3n) is 3.30. The highest BCUT2D eigenvalue weighted by molar-refractivity contribution is 5.73. The van der Waals surface area contributed by atoms with E-state index in [0.29, 0.717) is 17.5 Å². The van der Waals surface area contributed by atoms with Crippen LogP contribution in [0.5, 0.6) is 11.6 Å². The van der Waals surface area contributed by atoms with Crippen LogP contribution in [-0.4, -0.2) is 22.2 Å². The molecule has 11 heteroatoms. The minimum Gasteiger partial charge on any atom is -0.475 e. The molecular weight excluding hydrogens is 360 g/mol. The summed E-state index contributed by atoms with van der Waals surface area (Å²) in [6.45, 7) is 0. The number of carbonyl (C=O) groups is 1. The molecule has 2 heterocycles. The van der Waals surface area contributed by atoms with Crippen molar-refractivity contribution in [1.82, 2.24) is 4.98 Å². The molecule has 0 radical (unpaired) electrons. The van der Waals surface area contributed by atoms with Crippen LogP contribution in [0.4, 0.5) is 29.1 Å². The summed E-state index contributed by atoms with van der Waals surface area (Å²) in [4.78, 5) is 12.9. The largest absolute Gasteiger partial charge is 0.490 e. The van der Waals surface area contributed by atoms with Gasteiger partial charge in [-0.1, -0.05) is 12.1 Å². The van der Waals surface area contributed by atoms with Gasteiger partial charge in [-0.05, 0) is 6.07 Å². The lowest BCUT2D eigenvalue weighted by Crippen LogP contribution is -2.21. The minimum absolute atomic E-state index is 0.0152. The minimum atomic E-state index is -5.08. The van der Waals surface area contributed by atoms with Crippen LogP contribution in [0.15, 0.2) is 18.2 Å². The van der Waals surface area contributed by atoms with Crippen molar-refractivity contribution in [3.63, 3.8) is 0 Å². The number of pyridine rings is 1. The fraction of sp³-hybridized carbons (Fsp3) is 0.133. The lowest BCUT2D eigenvalue weighted by molar-refractivity contribution is -0.192. The molecule has 0 saturated carbocycles. The maximum absolute atomic E-state index is 13.6. The summed E-state index contributed by atoms with van der Waals surface area (Å²) in [6.07, 6.45) is -4.73. The summed E-state index contributed by atoms with van der Waals surface area (Å²) in [5.41, 5.74) is 13.1. The Morgan fingerprint density at radius 3 is 2.50 bits per heavy atom. The van der Waals surface area contributed by atoms with Gasteiger partial charge in [0.15, 0.2) is 11.6 Å². The fourth-order valence-corrected chi connectivity index (χ4v) is 2.10. The van der Waals surface area contributed by atoms with Gasteiger partial charge in [-0.2, -0.15) is 23.4 Å². The van der Waals surface area contributed by atoms with Crippen molar-refractivity contribution >= 4 is 17.5 Å². The van der Waals surface area contributed by atoms with Crippen LogP contribution < -0.4 is 16.2 Å². The van der Waals surface area contributed by atoms with Crippen LogP contribution in [0.2, 0.25) is 0 Å². The predicted octanol–water partition coefficient (Wildman–Crippen LogP) is 2.59. The number of halogens is 4. The third kappa shape index (κ3) is 3.59. The Bertz CT molecular complexity index is 923. The molecule has 26 heavy (non-hydrogen) atoms. The number of carboxylic acid groups (broad SMARTS) is 1. The molecule has 0 aliphatic carbocycles. The molecule has 0 atom stereocenters. The van der Waals surface area contributed by atoms with Gasteiger partial charge in [-0.25, -0.2) is 9.18 Å². The van der Waals surface area contributed by atoms with E-state index in [1.807, 2.05) is 6.07 Å². The lowest BCUT2D eigenvalue weighted by Gasteiger charge is -2.21. The Morgan fingerprint density at radius 2 is 1.96 bits per heavy atom. The summed E-state index contributed by atoms with van der Waals surface area (Å²) < 4.78 is 50.8. The van der Waals surface area contributed by atoms with Crippen LogP contribution in [0, 0.1) is 17.1 Å². The van der Waals surface area contributed by atoms with Gasteiger partial charge in [-0.3, -0.25) is 0 Å². The normalized spacial score (nSPS) is 11.8. The maximum Gasteiger partial charge on any atom is 0.490 e. The van der Waals surface area contributed by atoms with Crippen molar-refractivity contribution < 1.29 is 32.2 Å². The number of nitrogens with two attached hydrogens (primary N) is 2. The Balaban J connectivity index is 0.000000298. The molecule has 0 bridgehead atoms. The van der Waals surface area contributed by atoms with Gasteiger partial charge >= 0.3 is 12.1 Å². The second-order valence-electron chi connectivity index (χ2n) is 4.99. The van der Waals surface area contributed by atoms with Crippen molar-refractivity contribution in [3.05, 3.63) is 40.7 Å². The number of nitriles is 1. The molecule has 1 aromatic heterocycles. The number of aromatic nitrogens is 1. The van der Waals surface area contributed by atoms with E-state index >= 15 is 0 Å². The molecule has 136 valence electrons. The van der Waals surface area contributed by atoms with Gasteiger partial charge in [0.1, 0.15) is 17.5 Å². The summed E-state index contributed by atoms with van der Waals surface area (Å²) in [5.74, 6) is -2.95. The fourth-order valence-electron chi connectivity index (χ4n) is 2.10. The SMILES string of the molecule is N#Cc1c(N)nc2c(c1N)Cc1cccc(F)c1O2.O=C(O)C(F)(F)F. The van der Waals surface area contributed by atoms with Gasteiger partial charge in [0.2, 0.25) is 5.88 Å². The predicted molar refractivity (Wildman–Crippen MR) is 80.7 cm³/mol. The van der Waals surface area contributed by atoms with Gasteiger partial charge in [0.25, 0.3) is 0 Å². The average molecular weight is 370 g/mol. The monoisotopic (exact) mass is 370 g/mol. The topological polar surface area (TPSA) is 135 Å². The van der Waals surface area contributed by atoms with Gasteiger partial charge in [0.05, 0.1) is 5.69 Å². The molecule has 1 aliphatic heterocycles. The molecule has 0 saturated heterocycles. The summed E-state index contributed by atoms with van der Waals surface area (Å²) >= 11 is 0. The highest BCUT2D eigenvalue weighted by Gasteiger charge is 2.38. The quantitative estimate of drug-likeness (QED) is 0.518. The van der Waals surface area contributed by atoms with E-state index in [1.165, 1.54) is 6.07 Å². The van der Waals surface area contributed by atoms with Gasteiger partial charge < -0.3 is 21.3 Å². The van der Waals surface area contributed by atoms with Crippen LogP contribution in [0.3, 0.4) is 0 Å². The average Bonchev–Trinajstić information content (AvgIpc) is 2.54. The first kappa shape index (κ1) is 18.8. The zero-order chi connectivity index (χ0) is 19.6. The number of para-hydroxylation sites is 1. The number of benzene rings is 1. The third-order valence-corrected chi connectivity index (χ3v) is 3.30. The van der Waals surface area contributed by atoms with E-state index in [1.54, 1.807) is 12.1 Å². The number of carboxylic acids is 1. The van der Waals surface area contributed by atoms with Crippen molar-refractivity contribution in [3.8, 4) is 17.7 Å². The molecule has 5 N–H and O–H groups in total. The molecule has 3 rings (SSSR count). The first-order chi connectivity index (χ1) is 12.1. The number of nitrogen functional groups attached to an aromatic ring is 2. The summed E-state index contributed by atoms with van der Waals surface area (Å²) in [6, 6.07) is 6.54. The molecule has 7 nitrogen and oxygen atoms in total. The van der Waals surface area contributed by atoms with E-state index < -0.39 is 18.0 Å². The Kier molecular flexibility index (Phi) is 4.88. The Hall–Kier alpha value is -3.55. The molecule has 0 amide bonds. The number of rotatable bonds is 0. The van der Waals surface area contributed by atoms with E-state index in [4.69, 9.17) is 31.4 Å². The van der Waals surface area contributed by atoms with Crippen molar-refractivity contribution in [1.29, 1.82) is 5.26 Å². The number of nitrogens with zero attached hydrogens (tertiary/aromatic N) is 2. The first-order valence-corrected chi connectivity index (χ1v) is 6.79. The van der Waals surface area contributed by atoms with Crippen LogP contribution in [-0.2, 0) is 11.2 Å². The van der Waals surface area contributed by atoms with Crippen molar-refractivity contribution in [2.24, 2.45) is 0 Å². The van der Waals surface area contributed by atoms with Gasteiger partial charge in [-0.15, -0.1) is 0 Å². The zero-order valence-electron chi connectivity index (χ0n) is 12.8.